The molecule has 0 aliphatic carbocycles. The van der Waals surface area contributed by atoms with Gasteiger partial charge in [-0.3, -0.25) is 9.59 Å². The Balaban J connectivity index is 1.33. The van der Waals surface area contributed by atoms with E-state index in [1.54, 1.807) is 34.3 Å². The summed E-state index contributed by atoms with van der Waals surface area (Å²) < 4.78 is 23.2. The number of rotatable bonds is 18. The van der Waals surface area contributed by atoms with Crippen LogP contribution in [0.2, 0.25) is 0 Å². The van der Waals surface area contributed by atoms with Gasteiger partial charge in [0.1, 0.15) is 30.3 Å². The van der Waals surface area contributed by atoms with Crippen molar-refractivity contribution < 1.29 is 38.1 Å². The van der Waals surface area contributed by atoms with Gasteiger partial charge in [-0.15, -0.1) is 0 Å². The summed E-state index contributed by atoms with van der Waals surface area (Å²) in [5.41, 5.74) is 3.64. The highest BCUT2D eigenvalue weighted by molar-refractivity contribution is 8.25. The predicted octanol–water partition coefficient (Wildman–Crippen LogP) is 7.81. The predicted molar refractivity (Wildman–Crippen MR) is 202 cm³/mol. The zero-order valence-corrected chi connectivity index (χ0v) is 31.0. The molecule has 5 rings (SSSR count). The van der Waals surface area contributed by atoms with E-state index >= 15 is 0 Å². The molecule has 2 amide bonds. The molecular formula is C40H42N2O8S2. The highest BCUT2D eigenvalue weighted by atomic mass is 32.2. The normalized spacial score (nSPS) is 13.7. The highest BCUT2D eigenvalue weighted by Gasteiger charge is 2.44. The van der Waals surface area contributed by atoms with Gasteiger partial charge in [-0.05, 0) is 47.2 Å². The van der Waals surface area contributed by atoms with E-state index in [1.807, 2.05) is 62.4 Å². The highest BCUT2D eigenvalue weighted by Crippen LogP contribution is 2.59. The van der Waals surface area contributed by atoms with E-state index < -0.39 is 11.9 Å². The van der Waals surface area contributed by atoms with Crippen LogP contribution in [0.1, 0.15) is 61.8 Å². The summed E-state index contributed by atoms with van der Waals surface area (Å²) in [5.74, 6) is -1.16. The van der Waals surface area contributed by atoms with Gasteiger partial charge in [-0.25, -0.2) is 19.6 Å². The average molecular weight is 743 g/mol. The molecule has 0 aromatic heterocycles. The number of hydrogen-bond donors (Lipinski definition) is 0. The van der Waals surface area contributed by atoms with Crippen LogP contribution in [0.4, 0.5) is 0 Å². The standard InChI is InChI=1S/C40H42N2O8S2/c1-5-9-21-41-38(45)35(39(46)42(41)22-10-6-2)40-51-36-31(47-25-33(43)49-23-29-15-11-27(7-3)12-16-29)19-20-32(37(36)52-40)48-26-34(44)50-24-30-17-13-28(8-4)14-18-30/h7-8,11-20H,3-6,9-10,21-26H2,1-2H3. The van der Waals surface area contributed by atoms with Crippen LogP contribution in [0.25, 0.3) is 12.2 Å². The van der Waals surface area contributed by atoms with E-state index in [9.17, 15) is 19.2 Å². The van der Waals surface area contributed by atoms with Crippen molar-refractivity contribution in [3.63, 3.8) is 0 Å². The summed E-state index contributed by atoms with van der Waals surface area (Å²) >= 11 is 2.41. The Hall–Kier alpha value is -4.94. The van der Waals surface area contributed by atoms with Gasteiger partial charge in [0.05, 0.1) is 14.0 Å². The first-order chi connectivity index (χ1) is 25.3. The van der Waals surface area contributed by atoms with E-state index in [2.05, 4.69) is 13.2 Å². The van der Waals surface area contributed by atoms with Crippen LogP contribution in [-0.4, -0.2) is 60.1 Å². The van der Waals surface area contributed by atoms with Gasteiger partial charge < -0.3 is 18.9 Å². The summed E-state index contributed by atoms with van der Waals surface area (Å²) in [6.07, 6.45) is 6.72. The van der Waals surface area contributed by atoms with Crippen molar-refractivity contribution in [1.82, 2.24) is 10.0 Å². The molecule has 0 unspecified atom stereocenters. The fraction of sp³-hybridized carbons (Fsp3) is 0.300. The maximum absolute atomic E-state index is 13.8. The fourth-order valence-corrected chi connectivity index (χ4v) is 7.93. The van der Waals surface area contributed by atoms with Gasteiger partial charge in [0.2, 0.25) is 0 Å². The Bertz CT molecular complexity index is 1710. The lowest BCUT2D eigenvalue weighted by Gasteiger charge is -2.27. The number of carbonyl (C=O) groups excluding carboxylic acids is 4. The average Bonchev–Trinajstić information content (AvgIpc) is 3.71. The molecule has 10 nitrogen and oxygen atoms in total. The second-order valence-corrected chi connectivity index (χ2v) is 14.2. The molecular weight excluding hydrogens is 701 g/mol. The minimum atomic E-state index is -0.572. The molecule has 0 saturated carbocycles. The van der Waals surface area contributed by atoms with Crippen molar-refractivity contribution >= 4 is 59.4 Å². The maximum Gasteiger partial charge on any atom is 0.344 e. The van der Waals surface area contributed by atoms with Crippen molar-refractivity contribution in [2.75, 3.05) is 26.3 Å². The molecule has 3 aromatic carbocycles. The van der Waals surface area contributed by atoms with Crippen molar-refractivity contribution in [2.24, 2.45) is 0 Å². The lowest BCUT2D eigenvalue weighted by atomic mass is 10.1. The molecule has 272 valence electrons. The summed E-state index contributed by atoms with van der Waals surface area (Å²) in [4.78, 5) is 54.0. The first-order valence-electron chi connectivity index (χ1n) is 17.2. The first-order valence-corrected chi connectivity index (χ1v) is 18.8. The second kappa shape index (κ2) is 18.5. The van der Waals surface area contributed by atoms with Gasteiger partial charge in [-0.1, -0.05) is 124 Å². The first kappa shape index (κ1) is 38.3. The number of carbonyl (C=O) groups is 4. The monoisotopic (exact) mass is 742 g/mol. The van der Waals surface area contributed by atoms with Crippen molar-refractivity contribution in [3.05, 3.63) is 106 Å². The Kier molecular flexibility index (Phi) is 13.6. The number of hydrogen-bond acceptors (Lipinski definition) is 10. The molecule has 0 N–H and O–H groups in total. The summed E-state index contributed by atoms with van der Waals surface area (Å²) in [6, 6.07) is 18.2. The molecule has 3 aromatic rings. The lowest BCUT2D eigenvalue weighted by Crippen LogP contribution is -2.42. The maximum atomic E-state index is 13.8. The largest absolute Gasteiger partial charge is 0.481 e. The SMILES string of the molecule is C=Cc1ccc(COC(=O)COc2ccc(OCC(=O)OCc3ccc(C=C)cc3)c3c2SC(=C2C(=O)N(CCCC)N(CCCC)C2=O)S3)cc1. The topological polar surface area (TPSA) is 112 Å². The molecule has 2 aliphatic heterocycles. The van der Waals surface area contributed by atoms with Gasteiger partial charge in [0.15, 0.2) is 13.2 Å². The zero-order chi connectivity index (χ0) is 37.0. The Morgan fingerprint density at radius 2 is 1.06 bits per heavy atom. The third-order valence-electron chi connectivity index (χ3n) is 8.19. The number of nitrogens with zero attached hydrogens (tertiary/aromatic N) is 2. The molecule has 0 radical (unpaired) electrons. The molecule has 2 heterocycles. The summed E-state index contributed by atoms with van der Waals surface area (Å²) in [5, 5.41) is 3.09. The third-order valence-corrected chi connectivity index (χ3v) is 10.8. The van der Waals surface area contributed by atoms with E-state index in [0.29, 0.717) is 38.6 Å². The Labute approximate surface area is 312 Å². The quantitative estimate of drug-likeness (QED) is 0.0727. The number of amides is 2. The Morgan fingerprint density at radius 3 is 1.42 bits per heavy atom. The van der Waals surface area contributed by atoms with Crippen molar-refractivity contribution in [3.8, 4) is 11.5 Å². The van der Waals surface area contributed by atoms with Crippen molar-refractivity contribution in [1.29, 1.82) is 0 Å². The van der Waals surface area contributed by atoms with Crippen LogP contribution in [0.5, 0.6) is 11.5 Å². The summed E-state index contributed by atoms with van der Waals surface area (Å²) in [7, 11) is 0. The van der Waals surface area contributed by atoms with Crippen LogP contribution >= 0.6 is 23.5 Å². The molecule has 1 saturated heterocycles. The lowest BCUT2D eigenvalue weighted by molar-refractivity contribution is -0.148. The third kappa shape index (κ3) is 9.48. The molecule has 1 fully saturated rings. The van der Waals surface area contributed by atoms with Crippen LogP contribution in [0.15, 0.2) is 93.4 Å². The molecule has 0 atom stereocenters. The van der Waals surface area contributed by atoms with E-state index in [0.717, 1.165) is 47.9 Å². The molecule has 52 heavy (non-hydrogen) atoms. The summed E-state index contributed by atoms with van der Waals surface area (Å²) in [6.45, 7) is 11.8. The number of unbranched alkanes of at least 4 members (excludes halogenated alkanes) is 2. The number of ether oxygens (including phenoxy) is 4. The van der Waals surface area contributed by atoms with Crippen LogP contribution in [0, 0.1) is 0 Å². The Morgan fingerprint density at radius 1 is 0.654 bits per heavy atom. The van der Waals surface area contributed by atoms with Gasteiger partial charge in [0, 0.05) is 13.1 Å². The van der Waals surface area contributed by atoms with Crippen LogP contribution < -0.4 is 9.47 Å². The smallest absolute Gasteiger partial charge is 0.344 e. The number of benzene rings is 3. The minimum absolute atomic E-state index is 0.0782. The number of esters is 2. The molecule has 12 heteroatoms. The van der Waals surface area contributed by atoms with E-state index in [1.165, 1.54) is 23.5 Å². The zero-order valence-electron chi connectivity index (χ0n) is 29.4. The van der Waals surface area contributed by atoms with E-state index in [-0.39, 0.29) is 43.8 Å². The molecule has 2 aliphatic rings. The van der Waals surface area contributed by atoms with Gasteiger partial charge in [0.25, 0.3) is 11.8 Å². The fourth-order valence-electron chi connectivity index (χ4n) is 5.24. The van der Waals surface area contributed by atoms with E-state index in [4.69, 9.17) is 18.9 Å². The number of fused-ring (bicyclic) bond motifs is 1. The van der Waals surface area contributed by atoms with Gasteiger partial charge >= 0.3 is 11.9 Å². The molecule has 0 bridgehead atoms. The van der Waals surface area contributed by atoms with Crippen LogP contribution in [0.3, 0.4) is 0 Å². The second-order valence-electron chi connectivity index (χ2n) is 11.9. The minimum Gasteiger partial charge on any atom is -0.481 e. The van der Waals surface area contributed by atoms with Crippen molar-refractivity contribution in [2.45, 2.75) is 62.5 Å². The number of thioether (sulfide) groups is 2. The number of hydrazine groups is 1. The van der Waals surface area contributed by atoms with Crippen LogP contribution in [-0.2, 0) is 41.9 Å². The van der Waals surface area contributed by atoms with Gasteiger partial charge in [-0.2, -0.15) is 0 Å². The molecule has 0 spiro atoms.